The van der Waals surface area contributed by atoms with E-state index < -0.39 is 11.7 Å². The molecule has 5 heteroatoms. The van der Waals surface area contributed by atoms with E-state index in [1.165, 1.54) is 25.0 Å². The Hall–Kier alpha value is -1.49. The summed E-state index contributed by atoms with van der Waals surface area (Å²) >= 11 is 0. The fraction of sp³-hybridized carbons (Fsp3) is 0.600. The van der Waals surface area contributed by atoms with Gasteiger partial charge in [0.15, 0.2) is 0 Å². The summed E-state index contributed by atoms with van der Waals surface area (Å²) in [6.07, 6.45) is 3.03. The highest BCUT2D eigenvalue weighted by Crippen LogP contribution is 2.43. The fourth-order valence-corrected chi connectivity index (χ4v) is 4.24. The fourth-order valence-electron chi connectivity index (χ4n) is 4.24. The number of allylic oxidation sites excluding steroid dienone is 2. The van der Waals surface area contributed by atoms with Crippen LogP contribution in [0.2, 0.25) is 0 Å². The quantitative estimate of drug-likeness (QED) is 0.658. The van der Waals surface area contributed by atoms with E-state index in [0.717, 1.165) is 43.5 Å². The molecule has 2 nitrogen and oxygen atoms in total. The lowest BCUT2D eigenvalue weighted by molar-refractivity contribution is -0.137. The number of likely N-dealkylation sites (N-methyl/N-ethyl adjacent to an activating group) is 2. The third-order valence-corrected chi connectivity index (χ3v) is 5.63. The number of hydrogen-bond donors (Lipinski definition) is 0. The Balaban J connectivity index is 1.54. The lowest BCUT2D eigenvalue weighted by atomic mass is 9.93. The second-order valence-electron chi connectivity index (χ2n) is 7.43. The minimum atomic E-state index is -4.29. The third-order valence-electron chi connectivity index (χ3n) is 5.63. The lowest BCUT2D eigenvalue weighted by Crippen LogP contribution is -2.36. The summed E-state index contributed by atoms with van der Waals surface area (Å²) in [5.74, 6) is 2.25. The van der Waals surface area contributed by atoms with Crippen LogP contribution in [0.5, 0.6) is 0 Å². The molecule has 138 valence electrons. The zero-order chi connectivity index (χ0) is 18.0. The van der Waals surface area contributed by atoms with Crippen LogP contribution in [0.4, 0.5) is 18.9 Å². The largest absolute Gasteiger partial charge is 0.416 e. The summed E-state index contributed by atoms with van der Waals surface area (Å²) in [6, 6.07) is 5.64. The number of benzene rings is 1. The van der Waals surface area contributed by atoms with Crippen LogP contribution in [0.3, 0.4) is 0 Å². The average molecular weight is 352 g/mol. The molecule has 1 fully saturated rings. The molecule has 0 amide bonds. The molecule has 0 aliphatic heterocycles. The van der Waals surface area contributed by atoms with Crippen LogP contribution in [0.25, 0.3) is 0 Å². The van der Waals surface area contributed by atoms with Crippen molar-refractivity contribution in [3.05, 3.63) is 42.0 Å². The molecule has 0 aromatic heterocycles. The van der Waals surface area contributed by atoms with Gasteiger partial charge < -0.3 is 9.80 Å². The topological polar surface area (TPSA) is 6.48 Å². The second-order valence-corrected chi connectivity index (χ2v) is 7.43. The first-order valence-electron chi connectivity index (χ1n) is 9.16. The van der Waals surface area contributed by atoms with Gasteiger partial charge in [-0.25, -0.2) is 0 Å². The zero-order valence-corrected chi connectivity index (χ0v) is 15.0. The number of rotatable bonds is 7. The maximum absolute atomic E-state index is 12.9. The molecule has 0 saturated heterocycles. The van der Waals surface area contributed by atoms with E-state index in [4.69, 9.17) is 0 Å². The van der Waals surface area contributed by atoms with Crippen molar-refractivity contribution in [2.75, 3.05) is 38.1 Å². The van der Waals surface area contributed by atoms with Crippen LogP contribution >= 0.6 is 0 Å². The SMILES string of the molecule is CCN(CCN(C)CC1CC2C=CC1C2)c1cccc(C(F)(F)F)c1. The minimum absolute atomic E-state index is 0.578. The number of fused-ring (bicyclic) bond motifs is 2. The van der Waals surface area contributed by atoms with Crippen molar-refractivity contribution in [1.29, 1.82) is 0 Å². The van der Waals surface area contributed by atoms with Gasteiger partial charge in [0.1, 0.15) is 0 Å². The average Bonchev–Trinajstić information content (AvgIpc) is 3.18. The molecule has 2 aliphatic carbocycles. The van der Waals surface area contributed by atoms with Gasteiger partial charge in [-0.3, -0.25) is 0 Å². The Kier molecular flexibility index (Phi) is 5.42. The Bertz CT molecular complexity index is 611. The lowest BCUT2D eigenvalue weighted by Gasteiger charge is -2.29. The molecule has 0 spiro atoms. The highest BCUT2D eigenvalue weighted by Gasteiger charge is 2.35. The molecular weight excluding hydrogens is 325 g/mol. The Morgan fingerprint density at radius 1 is 1.12 bits per heavy atom. The van der Waals surface area contributed by atoms with E-state index in [-0.39, 0.29) is 0 Å². The molecule has 3 unspecified atom stereocenters. The monoisotopic (exact) mass is 352 g/mol. The summed E-state index contributed by atoms with van der Waals surface area (Å²) in [5, 5.41) is 0. The van der Waals surface area contributed by atoms with Crippen molar-refractivity contribution in [3.8, 4) is 0 Å². The number of alkyl halides is 3. The van der Waals surface area contributed by atoms with Gasteiger partial charge in [-0.15, -0.1) is 0 Å². The smallest absolute Gasteiger partial charge is 0.371 e. The van der Waals surface area contributed by atoms with E-state index in [0.29, 0.717) is 12.2 Å². The van der Waals surface area contributed by atoms with E-state index in [2.05, 4.69) is 24.1 Å². The van der Waals surface area contributed by atoms with Gasteiger partial charge in [0.25, 0.3) is 0 Å². The summed E-state index contributed by atoms with van der Waals surface area (Å²) in [4.78, 5) is 4.35. The first-order chi connectivity index (χ1) is 11.9. The number of hydrogen-bond acceptors (Lipinski definition) is 2. The van der Waals surface area contributed by atoms with E-state index in [1.54, 1.807) is 6.07 Å². The summed E-state index contributed by atoms with van der Waals surface area (Å²) in [7, 11) is 2.12. The third kappa shape index (κ3) is 4.38. The Morgan fingerprint density at radius 3 is 2.52 bits per heavy atom. The number of nitrogens with zero attached hydrogens (tertiary/aromatic N) is 2. The molecule has 2 bridgehead atoms. The van der Waals surface area contributed by atoms with Crippen LogP contribution < -0.4 is 4.90 Å². The van der Waals surface area contributed by atoms with E-state index in [9.17, 15) is 13.2 Å². The van der Waals surface area contributed by atoms with Gasteiger partial charge in [-0.05, 0) is 62.8 Å². The molecule has 1 aromatic rings. The van der Waals surface area contributed by atoms with Crippen molar-refractivity contribution in [2.24, 2.45) is 17.8 Å². The van der Waals surface area contributed by atoms with Crippen LogP contribution in [0, 0.1) is 17.8 Å². The summed E-state index contributed by atoms with van der Waals surface area (Å²) in [5.41, 5.74) is 0.0687. The first-order valence-corrected chi connectivity index (χ1v) is 9.16. The van der Waals surface area contributed by atoms with Crippen molar-refractivity contribution in [2.45, 2.75) is 25.9 Å². The summed E-state index contributed by atoms with van der Waals surface area (Å²) in [6.45, 7) is 5.37. The van der Waals surface area contributed by atoms with Crippen molar-refractivity contribution >= 4 is 5.69 Å². The number of halogens is 3. The van der Waals surface area contributed by atoms with Crippen LogP contribution in [0.1, 0.15) is 25.3 Å². The van der Waals surface area contributed by atoms with Gasteiger partial charge in [-0.2, -0.15) is 13.2 Å². The molecule has 1 saturated carbocycles. The molecule has 0 heterocycles. The molecular formula is C20H27F3N2. The van der Waals surface area contributed by atoms with Gasteiger partial charge in [0.05, 0.1) is 5.56 Å². The van der Waals surface area contributed by atoms with Gasteiger partial charge >= 0.3 is 6.18 Å². The zero-order valence-electron chi connectivity index (χ0n) is 15.0. The Labute approximate surface area is 148 Å². The number of anilines is 1. The predicted octanol–water partition coefficient (Wildman–Crippen LogP) is 4.68. The predicted molar refractivity (Wildman–Crippen MR) is 95.7 cm³/mol. The van der Waals surface area contributed by atoms with Crippen LogP contribution in [-0.2, 0) is 6.18 Å². The van der Waals surface area contributed by atoms with Crippen LogP contribution in [-0.4, -0.2) is 38.1 Å². The van der Waals surface area contributed by atoms with Crippen molar-refractivity contribution < 1.29 is 13.2 Å². The van der Waals surface area contributed by atoms with Gasteiger partial charge in [-0.1, -0.05) is 18.2 Å². The molecule has 3 rings (SSSR count). The first kappa shape index (κ1) is 18.3. The standard InChI is InChI=1S/C20H27F3N2/c1-3-25(19-6-4-5-18(13-19)20(21,22)23)10-9-24(2)14-17-12-15-7-8-16(17)11-15/h4-8,13,15-17H,3,9-12,14H2,1-2H3. The molecule has 1 aromatic carbocycles. The maximum Gasteiger partial charge on any atom is 0.416 e. The van der Waals surface area contributed by atoms with Crippen molar-refractivity contribution in [1.82, 2.24) is 4.90 Å². The summed E-state index contributed by atoms with van der Waals surface area (Å²) < 4.78 is 38.8. The molecule has 25 heavy (non-hydrogen) atoms. The highest BCUT2D eigenvalue weighted by molar-refractivity contribution is 5.49. The van der Waals surface area contributed by atoms with E-state index >= 15 is 0 Å². The second kappa shape index (κ2) is 7.40. The van der Waals surface area contributed by atoms with E-state index in [1.807, 2.05) is 11.8 Å². The normalized spacial score (nSPS) is 25.1. The molecule has 2 aliphatic rings. The van der Waals surface area contributed by atoms with Crippen molar-refractivity contribution in [3.63, 3.8) is 0 Å². The van der Waals surface area contributed by atoms with Gasteiger partial charge in [0.2, 0.25) is 0 Å². The maximum atomic E-state index is 12.9. The molecule has 0 radical (unpaired) electrons. The van der Waals surface area contributed by atoms with Gasteiger partial charge in [0, 0.05) is 31.9 Å². The molecule has 3 atom stereocenters. The highest BCUT2D eigenvalue weighted by atomic mass is 19.4. The minimum Gasteiger partial charge on any atom is -0.371 e. The van der Waals surface area contributed by atoms with Crippen LogP contribution in [0.15, 0.2) is 36.4 Å². The Morgan fingerprint density at radius 2 is 1.92 bits per heavy atom. The molecule has 0 N–H and O–H groups in total.